The zero-order chi connectivity index (χ0) is 17.8. The molecule has 0 fully saturated rings. The molecule has 0 saturated carbocycles. The zero-order valence-corrected chi connectivity index (χ0v) is 15.9. The van der Waals surface area contributed by atoms with E-state index in [-0.39, 0.29) is 0 Å². The summed E-state index contributed by atoms with van der Waals surface area (Å²) in [7, 11) is 2.16. The Morgan fingerprint density at radius 2 is 1.80 bits per heavy atom. The lowest BCUT2D eigenvalue weighted by Crippen LogP contribution is -2.25. The van der Waals surface area contributed by atoms with Crippen molar-refractivity contribution in [1.29, 1.82) is 0 Å². The van der Waals surface area contributed by atoms with Crippen molar-refractivity contribution in [2.45, 2.75) is 39.5 Å². The molecule has 0 radical (unpaired) electrons. The third-order valence-corrected chi connectivity index (χ3v) is 5.44. The first-order chi connectivity index (χ1) is 12.0. The fourth-order valence-corrected chi connectivity index (χ4v) is 3.74. The van der Waals surface area contributed by atoms with Gasteiger partial charge in [-0.15, -0.1) is 11.3 Å². The highest BCUT2D eigenvalue weighted by atomic mass is 32.1. The van der Waals surface area contributed by atoms with Gasteiger partial charge < -0.3 is 10.4 Å². The van der Waals surface area contributed by atoms with Gasteiger partial charge in [0.2, 0.25) is 0 Å². The topological polar surface area (TPSA) is 35.5 Å². The molecule has 0 saturated heterocycles. The van der Waals surface area contributed by atoms with Crippen LogP contribution in [0.2, 0.25) is 0 Å². The Hall–Kier alpha value is -1.88. The largest absolute Gasteiger partial charge is 0.507 e. The van der Waals surface area contributed by atoms with Gasteiger partial charge >= 0.3 is 0 Å². The lowest BCUT2D eigenvalue weighted by Gasteiger charge is -2.21. The van der Waals surface area contributed by atoms with Crippen LogP contribution in [0.5, 0.6) is 5.75 Å². The van der Waals surface area contributed by atoms with Crippen molar-refractivity contribution in [2.24, 2.45) is 0 Å². The molecule has 0 aliphatic rings. The minimum absolute atomic E-state index is 0.370. The van der Waals surface area contributed by atoms with Crippen molar-refractivity contribution in [2.75, 3.05) is 7.05 Å². The van der Waals surface area contributed by atoms with Gasteiger partial charge in [-0.3, -0.25) is 4.90 Å². The van der Waals surface area contributed by atoms with Crippen molar-refractivity contribution in [3.8, 4) is 5.75 Å². The van der Waals surface area contributed by atoms with Crippen LogP contribution in [-0.2, 0) is 19.6 Å². The number of phenolic OH excluding ortho intramolecular Hbond substituents is 1. The molecule has 1 aromatic heterocycles. The average molecular weight is 355 g/mol. The Kier molecular flexibility index (Phi) is 5.74. The van der Waals surface area contributed by atoms with E-state index in [0.717, 1.165) is 35.3 Å². The minimum Gasteiger partial charge on any atom is -0.507 e. The van der Waals surface area contributed by atoms with Crippen LogP contribution in [0.4, 0.5) is 0 Å². The summed E-state index contributed by atoms with van der Waals surface area (Å²) in [6.45, 7) is 6.96. The Morgan fingerprint density at radius 1 is 1.04 bits per heavy atom. The Morgan fingerprint density at radius 3 is 2.60 bits per heavy atom. The van der Waals surface area contributed by atoms with Crippen LogP contribution in [0.1, 0.15) is 30.5 Å². The van der Waals surface area contributed by atoms with E-state index >= 15 is 0 Å². The summed E-state index contributed by atoms with van der Waals surface area (Å²) in [5.41, 5.74) is 3.74. The smallest absolute Gasteiger partial charge is 0.124 e. The maximum absolute atomic E-state index is 10.1. The van der Waals surface area contributed by atoms with Gasteiger partial charge in [0.05, 0.1) is 0 Å². The number of aromatic hydroxyl groups is 1. The van der Waals surface area contributed by atoms with Gasteiger partial charge in [0.15, 0.2) is 0 Å². The highest BCUT2D eigenvalue weighted by molar-refractivity contribution is 7.17. The predicted molar refractivity (Wildman–Crippen MR) is 107 cm³/mol. The van der Waals surface area contributed by atoms with Crippen LogP contribution in [0, 0.1) is 0 Å². The lowest BCUT2D eigenvalue weighted by molar-refractivity contribution is 0.266. The molecule has 4 heteroatoms. The second kappa shape index (κ2) is 8.00. The Labute approximate surface area is 153 Å². The second-order valence-electron chi connectivity index (χ2n) is 6.88. The summed E-state index contributed by atoms with van der Waals surface area (Å²) in [5, 5.41) is 16.5. The molecule has 1 heterocycles. The van der Waals surface area contributed by atoms with E-state index in [1.165, 1.54) is 11.1 Å². The van der Waals surface area contributed by atoms with E-state index in [0.29, 0.717) is 11.8 Å². The predicted octanol–water partition coefficient (Wildman–Crippen LogP) is 4.74. The quantitative estimate of drug-likeness (QED) is 0.643. The van der Waals surface area contributed by atoms with Gasteiger partial charge in [-0.25, -0.2) is 0 Å². The molecule has 0 amide bonds. The van der Waals surface area contributed by atoms with Gasteiger partial charge in [0.25, 0.3) is 0 Å². The van der Waals surface area contributed by atoms with Crippen LogP contribution in [-0.4, -0.2) is 23.1 Å². The molecule has 132 valence electrons. The number of nitrogens with zero attached hydrogens (tertiary/aromatic N) is 1. The third-order valence-electron chi connectivity index (χ3n) is 4.57. The first-order valence-electron chi connectivity index (χ1n) is 8.71. The van der Waals surface area contributed by atoms with Crippen LogP contribution >= 0.6 is 11.3 Å². The Bertz CT molecular complexity index is 841. The van der Waals surface area contributed by atoms with E-state index in [9.17, 15) is 5.11 Å². The van der Waals surface area contributed by atoms with Crippen molar-refractivity contribution in [3.05, 3.63) is 64.5 Å². The maximum atomic E-state index is 10.1. The fraction of sp³-hybridized carbons (Fsp3) is 0.333. The molecule has 0 aliphatic heterocycles. The zero-order valence-electron chi connectivity index (χ0n) is 15.1. The molecule has 0 spiro atoms. The van der Waals surface area contributed by atoms with Crippen LogP contribution in [0.15, 0.2) is 47.8 Å². The molecular formula is C21H26N2OS. The highest BCUT2D eigenvalue weighted by Crippen LogP contribution is 2.30. The summed E-state index contributed by atoms with van der Waals surface area (Å²) in [5.74, 6) is 0.370. The van der Waals surface area contributed by atoms with Gasteiger partial charge in [0.1, 0.15) is 5.75 Å². The monoisotopic (exact) mass is 354 g/mol. The standard InChI is InChI=1S/C21H26N2OS/c1-15(2)23(3)14-17-6-4-5-16(9-17)12-22-13-18-10-20(24)19-7-8-25-21(19)11-18/h4-11,15,22,24H,12-14H2,1-3H3. The van der Waals surface area contributed by atoms with E-state index in [4.69, 9.17) is 0 Å². The van der Waals surface area contributed by atoms with E-state index < -0.39 is 0 Å². The number of fused-ring (bicyclic) bond motifs is 1. The van der Waals surface area contributed by atoms with Crippen molar-refractivity contribution in [3.63, 3.8) is 0 Å². The number of nitrogens with one attached hydrogen (secondary N) is 1. The van der Waals surface area contributed by atoms with Gasteiger partial charge in [-0.05, 0) is 61.2 Å². The second-order valence-corrected chi connectivity index (χ2v) is 7.83. The summed E-state index contributed by atoms with van der Waals surface area (Å²) in [6.07, 6.45) is 0. The number of hydrogen-bond acceptors (Lipinski definition) is 4. The molecule has 2 N–H and O–H groups in total. The number of phenols is 1. The fourth-order valence-electron chi connectivity index (χ4n) is 2.87. The SMILES string of the molecule is CC(C)N(C)Cc1cccc(CNCc2cc(O)c3ccsc3c2)c1. The Balaban J connectivity index is 1.59. The molecule has 0 bridgehead atoms. The van der Waals surface area contributed by atoms with Crippen molar-refractivity contribution in [1.82, 2.24) is 10.2 Å². The number of benzene rings is 2. The summed E-state index contributed by atoms with van der Waals surface area (Å²) in [6, 6.07) is 15.3. The van der Waals surface area contributed by atoms with Crippen molar-refractivity contribution < 1.29 is 5.11 Å². The molecule has 3 nitrogen and oxygen atoms in total. The lowest BCUT2D eigenvalue weighted by atomic mass is 10.1. The van der Waals surface area contributed by atoms with Crippen molar-refractivity contribution >= 4 is 21.4 Å². The molecule has 3 aromatic rings. The summed E-state index contributed by atoms with van der Waals surface area (Å²) >= 11 is 1.66. The van der Waals surface area contributed by atoms with E-state index in [2.05, 4.69) is 61.4 Å². The molecule has 0 aliphatic carbocycles. The van der Waals surface area contributed by atoms with Gasteiger partial charge in [-0.2, -0.15) is 0 Å². The van der Waals surface area contributed by atoms with Crippen LogP contribution in [0.25, 0.3) is 10.1 Å². The molecule has 2 aromatic carbocycles. The molecular weight excluding hydrogens is 328 g/mol. The summed E-state index contributed by atoms with van der Waals surface area (Å²) in [4.78, 5) is 2.34. The van der Waals surface area contributed by atoms with E-state index in [1.54, 1.807) is 11.3 Å². The van der Waals surface area contributed by atoms with Crippen LogP contribution in [0.3, 0.4) is 0 Å². The molecule has 3 rings (SSSR count). The minimum atomic E-state index is 0.370. The molecule has 0 atom stereocenters. The van der Waals surface area contributed by atoms with Gasteiger partial charge in [0, 0.05) is 35.8 Å². The number of thiophene rings is 1. The maximum Gasteiger partial charge on any atom is 0.124 e. The molecule has 0 unspecified atom stereocenters. The number of rotatable bonds is 7. The summed E-state index contributed by atoms with van der Waals surface area (Å²) < 4.78 is 1.13. The number of hydrogen-bond donors (Lipinski definition) is 2. The van der Waals surface area contributed by atoms with Crippen LogP contribution < -0.4 is 5.32 Å². The third kappa shape index (κ3) is 4.60. The molecule has 25 heavy (non-hydrogen) atoms. The first-order valence-corrected chi connectivity index (χ1v) is 9.59. The van der Waals surface area contributed by atoms with E-state index in [1.807, 2.05) is 17.5 Å². The highest BCUT2D eigenvalue weighted by Gasteiger charge is 2.06. The first kappa shape index (κ1) is 17.9. The van der Waals surface area contributed by atoms with Gasteiger partial charge in [-0.1, -0.05) is 24.3 Å². The normalized spacial score (nSPS) is 11.7. The average Bonchev–Trinajstić information content (AvgIpc) is 3.04.